The first-order valence-corrected chi connectivity index (χ1v) is 8.98. The molecule has 0 spiro atoms. The smallest absolute Gasteiger partial charge is 0.256 e. The number of rotatable bonds is 3. The highest BCUT2D eigenvalue weighted by atomic mass is 32.1. The summed E-state index contributed by atoms with van der Waals surface area (Å²) in [4.78, 5) is 14.6. The molecular formula is C20H14N2OS2. The lowest BCUT2D eigenvalue weighted by atomic mass is 10.0. The highest BCUT2D eigenvalue weighted by Crippen LogP contribution is 2.38. The normalized spacial score (nSPS) is 10.9. The molecule has 2 aromatic heterocycles. The van der Waals surface area contributed by atoms with Crippen LogP contribution in [0.25, 0.3) is 27.0 Å². The number of aromatic nitrogens is 1. The molecule has 122 valence electrons. The fraction of sp³-hybridized carbons (Fsp3) is 0. The first kappa shape index (κ1) is 15.7. The van der Waals surface area contributed by atoms with Crippen LogP contribution in [0.2, 0.25) is 0 Å². The van der Waals surface area contributed by atoms with Gasteiger partial charge >= 0.3 is 0 Å². The second-order valence-electron chi connectivity index (χ2n) is 5.60. The predicted molar refractivity (Wildman–Crippen MR) is 109 cm³/mol. The molecule has 0 fully saturated rings. The second-order valence-corrected chi connectivity index (χ2v) is 7.04. The van der Waals surface area contributed by atoms with Gasteiger partial charge in [-0.25, -0.2) is 0 Å². The van der Waals surface area contributed by atoms with Crippen LogP contribution in [0.1, 0.15) is 4.88 Å². The van der Waals surface area contributed by atoms with Crippen LogP contribution in [-0.4, -0.2) is 9.56 Å². The van der Waals surface area contributed by atoms with Gasteiger partial charge in [0.1, 0.15) is 9.82 Å². The fourth-order valence-electron chi connectivity index (χ4n) is 2.97. The van der Waals surface area contributed by atoms with E-state index >= 15 is 0 Å². The molecule has 25 heavy (non-hydrogen) atoms. The van der Waals surface area contributed by atoms with Gasteiger partial charge in [-0.3, -0.25) is 9.36 Å². The maximum absolute atomic E-state index is 12.6. The van der Waals surface area contributed by atoms with Crippen LogP contribution >= 0.6 is 23.6 Å². The average Bonchev–Trinajstić information content (AvgIpc) is 3.03. The predicted octanol–water partition coefficient (Wildman–Crippen LogP) is 4.35. The van der Waals surface area contributed by atoms with E-state index in [4.69, 9.17) is 18.0 Å². The van der Waals surface area contributed by atoms with E-state index in [9.17, 15) is 4.79 Å². The fourth-order valence-corrected chi connectivity index (χ4v) is 4.39. The Morgan fingerprint density at radius 1 is 0.920 bits per heavy atom. The Labute approximate surface area is 154 Å². The van der Waals surface area contributed by atoms with Crippen LogP contribution < -0.4 is 11.3 Å². The van der Waals surface area contributed by atoms with Crippen molar-refractivity contribution in [2.45, 2.75) is 0 Å². The standard InChI is InChI=1S/C20H14N2OS2/c21-19(24)18-17(13-7-3-1-4-8-13)15-11-12-16(23)22(20(15)25-18)14-9-5-2-6-10-14/h1-12H,(H2,21,24). The Morgan fingerprint density at radius 2 is 1.56 bits per heavy atom. The first-order valence-electron chi connectivity index (χ1n) is 7.76. The van der Waals surface area contributed by atoms with Crippen LogP contribution in [0.15, 0.2) is 77.6 Å². The number of hydrogen-bond donors (Lipinski definition) is 1. The van der Waals surface area contributed by atoms with Crippen LogP contribution in [-0.2, 0) is 0 Å². The Bertz CT molecular complexity index is 1130. The third kappa shape index (κ3) is 2.67. The number of para-hydroxylation sites is 1. The van der Waals surface area contributed by atoms with Crippen molar-refractivity contribution in [3.63, 3.8) is 0 Å². The van der Waals surface area contributed by atoms with Crippen molar-refractivity contribution in [1.29, 1.82) is 0 Å². The Balaban J connectivity index is 2.13. The van der Waals surface area contributed by atoms with Crippen molar-refractivity contribution in [2.24, 2.45) is 5.73 Å². The highest BCUT2D eigenvalue weighted by molar-refractivity contribution is 7.81. The molecule has 3 nitrogen and oxygen atoms in total. The molecule has 2 N–H and O–H groups in total. The molecule has 4 aromatic rings. The van der Waals surface area contributed by atoms with E-state index in [1.54, 1.807) is 10.6 Å². The number of thiophene rings is 1. The maximum atomic E-state index is 12.6. The molecule has 0 atom stereocenters. The quantitative estimate of drug-likeness (QED) is 0.551. The lowest BCUT2D eigenvalue weighted by molar-refractivity contribution is 1.06. The van der Waals surface area contributed by atoms with Crippen LogP contribution in [0.3, 0.4) is 0 Å². The highest BCUT2D eigenvalue weighted by Gasteiger charge is 2.19. The Hall–Kier alpha value is -2.76. The second kappa shape index (κ2) is 6.27. The van der Waals surface area contributed by atoms with Gasteiger partial charge in [0.05, 0.1) is 10.6 Å². The van der Waals surface area contributed by atoms with Gasteiger partial charge in [-0.2, -0.15) is 0 Å². The molecule has 4 rings (SSSR count). The molecule has 0 bridgehead atoms. The molecule has 2 heterocycles. The summed E-state index contributed by atoms with van der Waals surface area (Å²) in [6.07, 6.45) is 0. The maximum Gasteiger partial charge on any atom is 0.256 e. The Kier molecular flexibility index (Phi) is 3.95. The van der Waals surface area contributed by atoms with Crippen LogP contribution in [0.5, 0.6) is 0 Å². The molecule has 0 amide bonds. The first-order chi connectivity index (χ1) is 12.2. The van der Waals surface area contributed by atoms with Crippen molar-refractivity contribution in [2.75, 3.05) is 0 Å². The summed E-state index contributed by atoms with van der Waals surface area (Å²) in [5.74, 6) is 0. The van der Waals surface area contributed by atoms with Crippen LogP contribution in [0, 0.1) is 0 Å². The zero-order valence-electron chi connectivity index (χ0n) is 13.2. The zero-order chi connectivity index (χ0) is 17.4. The largest absolute Gasteiger partial charge is 0.389 e. The van der Waals surface area contributed by atoms with Gasteiger partial charge in [-0.05, 0) is 23.8 Å². The van der Waals surface area contributed by atoms with Gasteiger partial charge in [0.2, 0.25) is 0 Å². The number of fused-ring (bicyclic) bond motifs is 1. The van der Waals surface area contributed by atoms with Crippen molar-refractivity contribution < 1.29 is 0 Å². The SMILES string of the molecule is NC(=S)c1sc2c(ccc(=O)n2-c2ccccc2)c1-c1ccccc1. The number of nitrogens with zero attached hydrogens (tertiary/aromatic N) is 1. The molecule has 2 aromatic carbocycles. The molecule has 0 aliphatic carbocycles. The van der Waals surface area contributed by atoms with E-state index in [0.29, 0.717) is 4.99 Å². The van der Waals surface area contributed by atoms with Gasteiger partial charge in [0, 0.05) is 17.0 Å². The number of hydrogen-bond acceptors (Lipinski definition) is 3. The summed E-state index contributed by atoms with van der Waals surface area (Å²) in [5.41, 5.74) is 8.77. The van der Waals surface area contributed by atoms with E-state index in [0.717, 1.165) is 31.9 Å². The third-order valence-electron chi connectivity index (χ3n) is 4.04. The van der Waals surface area contributed by atoms with E-state index in [1.807, 2.05) is 66.7 Å². The van der Waals surface area contributed by atoms with Crippen molar-refractivity contribution >= 4 is 38.8 Å². The van der Waals surface area contributed by atoms with Gasteiger partial charge in [0.15, 0.2) is 0 Å². The minimum absolute atomic E-state index is 0.0750. The van der Waals surface area contributed by atoms with Crippen molar-refractivity contribution in [3.8, 4) is 16.8 Å². The van der Waals surface area contributed by atoms with Crippen molar-refractivity contribution in [3.05, 3.63) is 88.0 Å². The lowest BCUT2D eigenvalue weighted by Crippen LogP contribution is -2.16. The van der Waals surface area contributed by atoms with Gasteiger partial charge < -0.3 is 5.73 Å². The number of thiocarbonyl (C=S) groups is 1. The summed E-state index contributed by atoms with van der Waals surface area (Å²) in [6.45, 7) is 0. The Morgan fingerprint density at radius 3 is 2.20 bits per heavy atom. The summed E-state index contributed by atoms with van der Waals surface area (Å²) >= 11 is 6.74. The van der Waals surface area contributed by atoms with E-state index in [-0.39, 0.29) is 5.56 Å². The van der Waals surface area contributed by atoms with Gasteiger partial charge in [-0.1, -0.05) is 60.7 Å². The summed E-state index contributed by atoms with van der Waals surface area (Å²) in [7, 11) is 0. The number of nitrogens with two attached hydrogens (primary N) is 1. The molecule has 0 aliphatic heterocycles. The average molecular weight is 362 g/mol. The van der Waals surface area contributed by atoms with E-state index < -0.39 is 0 Å². The van der Waals surface area contributed by atoms with Crippen molar-refractivity contribution in [1.82, 2.24) is 4.57 Å². The summed E-state index contributed by atoms with van der Waals surface area (Å²) in [6, 6.07) is 23.0. The molecule has 5 heteroatoms. The minimum atomic E-state index is -0.0750. The molecule has 0 unspecified atom stereocenters. The molecule has 0 aliphatic rings. The third-order valence-corrected chi connectivity index (χ3v) is 5.60. The van der Waals surface area contributed by atoms with Crippen LogP contribution in [0.4, 0.5) is 0 Å². The lowest BCUT2D eigenvalue weighted by Gasteiger charge is -2.07. The molecule has 0 saturated carbocycles. The monoisotopic (exact) mass is 362 g/mol. The zero-order valence-corrected chi connectivity index (χ0v) is 14.8. The van der Waals surface area contributed by atoms with Gasteiger partial charge in [0.25, 0.3) is 5.56 Å². The van der Waals surface area contributed by atoms with E-state index in [2.05, 4.69) is 0 Å². The van der Waals surface area contributed by atoms with E-state index in [1.165, 1.54) is 11.3 Å². The number of pyridine rings is 1. The topological polar surface area (TPSA) is 48.0 Å². The molecule has 0 radical (unpaired) electrons. The van der Waals surface area contributed by atoms with Gasteiger partial charge in [-0.15, -0.1) is 11.3 Å². The summed E-state index contributed by atoms with van der Waals surface area (Å²) < 4.78 is 1.72. The molecule has 0 saturated heterocycles. The number of benzene rings is 2. The minimum Gasteiger partial charge on any atom is -0.389 e. The molecular weight excluding hydrogens is 348 g/mol. The summed E-state index contributed by atoms with van der Waals surface area (Å²) in [5, 5.41) is 0.974.